The third kappa shape index (κ3) is 3.37. The van der Waals surface area contributed by atoms with Gasteiger partial charge >= 0.3 is 0 Å². The maximum absolute atomic E-state index is 13.7. The average molecular weight is 309 g/mol. The lowest BCUT2D eigenvalue weighted by Gasteiger charge is -2.13. The molecule has 0 atom stereocenters. The SMILES string of the molecule is Cc1cccc(Nc2ncnc(Nc3ccccc3F)c2N)c1. The van der Waals surface area contributed by atoms with Gasteiger partial charge in [-0.25, -0.2) is 14.4 Å². The molecular weight excluding hydrogens is 293 g/mol. The van der Waals surface area contributed by atoms with Crippen molar-refractivity contribution in [1.29, 1.82) is 0 Å². The van der Waals surface area contributed by atoms with E-state index in [1.165, 1.54) is 12.4 Å². The second kappa shape index (κ2) is 6.31. The Morgan fingerprint density at radius 1 is 0.957 bits per heavy atom. The molecule has 0 unspecified atom stereocenters. The Morgan fingerprint density at radius 2 is 1.70 bits per heavy atom. The number of nitrogen functional groups attached to an aromatic ring is 1. The fourth-order valence-corrected chi connectivity index (χ4v) is 2.14. The second-order valence-corrected chi connectivity index (χ2v) is 5.08. The van der Waals surface area contributed by atoms with Gasteiger partial charge in [-0.2, -0.15) is 0 Å². The van der Waals surface area contributed by atoms with Crippen LogP contribution in [-0.2, 0) is 0 Å². The standard InChI is InChI=1S/C17H16FN5/c1-11-5-4-6-12(9-11)22-16-15(19)17(21-10-20-16)23-14-8-3-2-7-13(14)18/h2-10H,19H2,1H3,(H2,20,21,22,23). The zero-order valence-corrected chi connectivity index (χ0v) is 12.5. The third-order valence-corrected chi connectivity index (χ3v) is 3.29. The molecule has 0 amide bonds. The van der Waals surface area contributed by atoms with E-state index in [0.717, 1.165) is 11.3 Å². The van der Waals surface area contributed by atoms with Gasteiger partial charge in [0.25, 0.3) is 0 Å². The van der Waals surface area contributed by atoms with Crippen molar-refractivity contribution in [2.45, 2.75) is 6.92 Å². The number of anilines is 5. The molecule has 0 aliphatic heterocycles. The minimum atomic E-state index is -0.376. The maximum Gasteiger partial charge on any atom is 0.159 e. The quantitative estimate of drug-likeness (QED) is 0.679. The van der Waals surface area contributed by atoms with E-state index in [-0.39, 0.29) is 5.82 Å². The predicted octanol–water partition coefficient (Wildman–Crippen LogP) is 3.99. The molecule has 6 heteroatoms. The van der Waals surface area contributed by atoms with Crippen LogP contribution in [0.2, 0.25) is 0 Å². The van der Waals surface area contributed by atoms with Gasteiger partial charge in [-0.1, -0.05) is 24.3 Å². The summed E-state index contributed by atoms with van der Waals surface area (Å²) in [5, 5.41) is 6.03. The molecule has 0 fully saturated rings. The first-order valence-corrected chi connectivity index (χ1v) is 7.09. The van der Waals surface area contributed by atoms with Crippen LogP contribution in [0.1, 0.15) is 5.56 Å². The highest BCUT2D eigenvalue weighted by Gasteiger charge is 2.10. The highest BCUT2D eigenvalue weighted by molar-refractivity contribution is 5.80. The summed E-state index contributed by atoms with van der Waals surface area (Å²) in [5.74, 6) is 0.434. The number of hydrogen-bond donors (Lipinski definition) is 3. The summed E-state index contributed by atoms with van der Waals surface area (Å²) >= 11 is 0. The van der Waals surface area contributed by atoms with Crippen molar-refractivity contribution in [1.82, 2.24) is 9.97 Å². The second-order valence-electron chi connectivity index (χ2n) is 5.08. The van der Waals surface area contributed by atoms with Gasteiger partial charge in [0, 0.05) is 5.69 Å². The number of aromatic nitrogens is 2. The minimum absolute atomic E-state index is 0.305. The largest absolute Gasteiger partial charge is 0.393 e. The zero-order valence-electron chi connectivity index (χ0n) is 12.5. The van der Waals surface area contributed by atoms with Crippen molar-refractivity contribution >= 4 is 28.7 Å². The summed E-state index contributed by atoms with van der Waals surface area (Å²) in [5.41, 5.74) is 8.70. The molecule has 23 heavy (non-hydrogen) atoms. The molecule has 0 saturated carbocycles. The number of benzene rings is 2. The lowest BCUT2D eigenvalue weighted by atomic mass is 10.2. The molecule has 0 aliphatic carbocycles. The lowest BCUT2D eigenvalue weighted by molar-refractivity contribution is 0.632. The highest BCUT2D eigenvalue weighted by Crippen LogP contribution is 2.28. The van der Waals surface area contributed by atoms with Gasteiger partial charge in [0.1, 0.15) is 17.8 Å². The van der Waals surface area contributed by atoms with Crippen molar-refractivity contribution in [2.24, 2.45) is 0 Å². The minimum Gasteiger partial charge on any atom is -0.393 e. The Balaban J connectivity index is 1.88. The van der Waals surface area contributed by atoms with Gasteiger partial charge in [0.15, 0.2) is 11.6 Å². The lowest BCUT2D eigenvalue weighted by Crippen LogP contribution is -2.05. The van der Waals surface area contributed by atoms with E-state index < -0.39 is 0 Å². The molecule has 0 spiro atoms. The van der Waals surface area contributed by atoms with Crippen molar-refractivity contribution in [3.05, 3.63) is 66.2 Å². The van der Waals surface area contributed by atoms with Gasteiger partial charge < -0.3 is 16.4 Å². The molecule has 0 saturated heterocycles. The van der Waals surface area contributed by atoms with Gasteiger partial charge in [0.05, 0.1) is 5.69 Å². The number of aryl methyl sites for hydroxylation is 1. The molecule has 5 nitrogen and oxygen atoms in total. The maximum atomic E-state index is 13.7. The van der Waals surface area contributed by atoms with Crippen LogP contribution in [0.3, 0.4) is 0 Å². The van der Waals surface area contributed by atoms with Crippen molar-refractivity contribution in [3.8, 4) is 0 Å². The molecule has 0 aliphatic rings. The zero-order chi connectivity index (χ0) is 16.2. The van der Waals surface area contributed by atoms with Gasteiger partial charge in [-0.15, -0.1) is 0 Å². The first kappa shape index (κ1) is 14.8. The normalized spacial score (nSPS) is 10.3. The van der Waals surface area contributed by atoms with Gasteiger partial charge in [0.2, 0.25) is 0 Å². The third-order valence-electron chi connectivity index (χ3n) is 3.29. The van der Waals surface area contributed by atoms with Crippen LogP contribution >= 0.6 is 0 Å². The number of nitrogens with two attached hydrogens (primary N) is 1. The monoisotopic (exact) mass is 309 g/mol. The summed E-state index contributed by atoms with van der Waals surface area (Å²) in [7, 11) is 0. The molecule has 116 valence electrons. The number of hydrogen-bond acceptors (Lipinski definition) is 5. The van der Waals surface area contributed by atoms with Crippen molar-refractivity contribution in [2.75, 3.05) is 16.4 Å². The molecule has 4 N–H and O–H groups in total. The molecule has 1 aromatic heterocycles. The number of rotatable bonds is 4. The fourth-order valence-electron chi connectivity index (χ4n) is 2.14. The number of para-hydroxylation sites is 1. The molecule has 0 radical (unpaired) electrons. The molecular formula is C17H16FN5. The molecule has 3 rings (SSSR count). The molecule has 0 bridgehead atoms. The Kier molecular flexibility index (Phi) is 4.05. The van der Waals surface area contributed by atoms with E-state index in [1.807, 2.05) is 31.2 Å². The van der Waals surface area contributed by atoms with Gasteiger partial charge in [-0.05, 0) is 36.8 Å². The Labute approximate surface area is 133 Å². The van der Waals surface area contributed by atoms with E-state index in [2.05, 4.69) is 20.6 Å². The first-order valence-electron chi connectivity index (χ1n) is 7.09. The van der Waals surface area contributed by atoms with Crippen molar-refractivity contribution in [3.63, 3.8) is 0 Å². The highest BCUT2D eigenvalue weighted by atomic mass is 19.1. The Bertz CT molecular complexity index is 835. The van der Waals surface area contributed by atoms with Crippen LogP contribution in [0, 0.1) is 12.7 Å². The average Bonchev–Trinajstić information content (AvgIpc) is 2.53. The predicted molar refractivity (Wildman–Crippen MR) is 90.6 cm³/mol. The summed E-state index contributed by atoms with van der Waals surface area (Å²) in [6.07, 6.45) is 1.37. The van der Waals surface area contributed by atoms with Crippen LogP contribution < -0.4 is 16.4 Å². The number of nitrogens with one attached hydrogen (secondary N) is 2. The first-order chi connectivity index (χ1) is 11.1. The smallest absolute Gasteiger partial charge is 0.159 e. The van der Waals surface area contributed by atoms with E-state index in [9.17, 15) is 4.39 Å². The Hall–Kier alpha value is -3.15. The van der Waals surface area contributed by atoms with Crippen LogP contribution in [0.5, 0.6) is 0 Å². The van der Waals surface area contributed by atoms with Crippen LogP contribution in [0.25, 0.3) is 0 Å². The van der Waals surface area contributed by atoms with E-state index in [0.29, 0.717) is 23.0 Å². The topological polar surface area (TPSA) is 75.9 Å². The van der Waals surface area contributed by atoms with Crippen LogP contribution in [0.15, 0.2) is 54.9 Å². The van der Waals surface area contributed by atoms with Crippen LogP contribution in [-0.4, -0.2) is 9.97 Å². The van der Waals surface area contributed by atoms with Crippen molar-refractivity contribution < 1.29 is 4.39 Å². The molecule has 3 aromatic rings. The number of nitrogens with zero attached hydrogens (tertiary/aromatic N) is 2. The summed E-state index contributed by atoms with van der Waals surface area (Å²) in [4.78, 5) is 8.23. The number of halogens is 1. The fraction of sp³-hybridized carbons (Fsp3) is 0.0588. The summed E-state index contributed by atoms with van der Waals surface area (Å²) in [6, 6.07) is 14.2. The summed E-state index contributed by atoms with van der Waals surface area (Å²) in [6.45, 7) is 2.00. The summed E-state index contributed by atoms with van der Waals surface area (Å²) < 4.78 is 13.7. The van der Waals surface area contributed by atoms with E-state index >= 15 is 0 Å². The van der Waals surface area contributed by atoms with Gasteiger partial charge in [-0.3, -0.25) is 0 Å². The molecule has 1 heterocycles. The Morgan fingerprint density at radius 3 is 2.43 bits per heavy atom. The van der Waals surface area contributed by atoms with E-state index in [4.69, 9.17) is 5.73 Å². The van der Waals surface area contributed by atoms with E-state index in [1.54, 1.807) is 18.2 Å². The van der Waals surface area contributed by atoms with Crippen LogP contribution in [0.4, 0.5) is 33.1 Å². The molecule has 2 aromatic carbocycles.